The Morgan fingerprint density at radius 2 is 2.06 bits per heavy atom. The molecule has 4 heteroatoms. The summed E-state index contributed by atoms with van der Waals surface area (Å²) in [7, 11) is 1.95. The third-order valence-corrected chi connectivity index (χ3v) is 3.47. The van der Waals surface area contributed by atoms with Crippen LogP contribution in [0.1, 0.15) is 5.69 Å². The Balaban J connectivity index is 1.84. The maximum atomic E-state index is 4.33. The van der Waals surface area contributed by atoms with Gasteiger partial charge in [-0.15, -0.1) is 11.8 Å². The monoisotopic (exact) mass is 247 g/mol. The fourth-order valence-corrected chi connectivity index (χ4v) is 2.51. The summed E-state index contributed by atoms with van der Waals surface area (Å²) in [5, 5.41) is 7.48. The van der Waals surface area contributed by atoms with E-state index >= 15 is 0 Å². The van der Waals surface area contributed by atoms with Crippen LogP contribution in [-0.4, -0.2) is 22.6 Å². The Bertz CT molecular complexity index is 439. The number of benzene rings is 1. The van der Waals surface area contributed by atoms with Gasteiger partial charge in [0.15, 0.2) is 0 Å². The smallest absolute Gasteiger partial charge is 0.0522 e. The van der Waals surface area contributed by atoms with Gasteiger partial charge < -0.3 is 5.32 Å². The molecular weight excluding hydrogens is 230 g/mol. The molecule has 0 aliphatic rings. The van der Waals surface area contributed by atoms with E-state index in [1.54, 1.807) is 0 Å². The number of aryl methyl sites for hydroxylation is 1. The molecule has 3 nitrogen and oxygen atoms in total. The summed E-state index contributed by atoms with van der Waals surface area (Å²) < 4.78 is 2.06. The number of hydrogen-bond acceptors (Lipinski definition) is 3. The largest absolute Gasteiger partial charge is 0.314 e. The first-order chi connectivity index (χ1) is 8.40. The highest BCUT2D eigenvalue weighted by Crippen LogP contribution is 2.17. The van der Waals surface area contributed by atoms with Gasteiger partial charge in [0.2, 0.25) is 0 Å². The fourth-order valence-electron chi connectivity index (χ4n) is 1.66. The van der Waals surface area contributed by atoms with Crippen LogP contribution >= 0.6 is 11.8 Å². The molecule has 1 aromatic carbocycles. The van der Waals surface area contributed by atoms with E-state index in [0.717, 1.165) is 18.8 Å². The van der Waals surface area contributed by atoms with Gasteiger partial charge >= 0.3 is 0 Å². The lowest BCUT2D eigenvalue weighted by Gasteiger charge is -2.06. The third kappa shape index (κ3) is 3.61. The maximum Gasteiger partial charge on any atom is 0.0522 e. The molecule has 17 heavy (non-hydrogen) atoms. The summed E-state index contributed by atoms with van der Waals surface area (Å²) in [6.45, 7) is 1.82. The van der Waals surface area contributed by atoms with Crippen molar-refractivity contribution in [2.45, 2.75) is 18.0 Å². The van der Waals surface area contributed by atoms with Crippen LogP contribution in [-0.2, 0) is 13.1 Å². The molecule has 0 amide bonds. The van der Waals surface area contributed by atoms with Gasteiger partial charge in [0.25, 0.3) is 0 Å². The zero-order chi connectivity index (χ0) is 11.9. The third-order valence-electron chi connectivity index (χ3n) is 2.48. The van der Waals surface area contributed by atoms with Gasteiger partial charge in [-0.05, 0) is 25.2 Å². The van der Waals surface area contributed by atoms with E-state index in [-0.39, 0.29) is 0 Å². The Morgan fingerprint density at radius 1 is 1.24 bits per heavy atom. The minimum atomic E-state index is 0.871. The second-order valence-electron chi connectivity index (χ2n) is 3.74. The van der Waals surface area contributed by atoms with Crippen molar-refractivity contribution < 1.29 is 0 Å². The van der Waals surface area contributed by atoms with Crippen LogP contribution in [0.15, 0.2) is 47.5 Å². The lowest BCUT2D eigenvalue weighted by Crippen LogP contribution is -2.13. The lowest BCUT2D eigenvalue weighted by atomic mass is 10.4. The van der Waals surface area contributed by atoms with Gasteiger partial charge in [-0.25, -0.2) is 0 Å². The number of aromatic nitrogens is 2. The first-order valence-electron chi connectivity index (χ1n) is 5.73. The quantitative estimate of drug-likeness (QED) is 0.795. The summed E-state index contributed by atoms with van der Waals surface area (Å²) in [6, 6.07) is 12.5. The summed E-state index contributed by atoms with van der Waals surface area (Å²) in [5.41, 5.74) is 1.24. The maximum absolute atomic E-state index is 4.33. The van der Waals surface area contributed by atoms with Gasteiger partial charge in [0.05, 0.1) is 12.2 Å². The van der Waals surface area contributed by atoms with E-state index in [2.05, 4.69) is 45.4 Å². The van der Waals surface area contributed by atoms with Crippen LogP contribution < -0.4 is 5.32 Å². The predicted molar refractivity (Wildman–Crippen MR) is 72.2 cm³/mol. The van der Waals surface area contributed by atoms with Gasteiger partial charge in [0, 0.05) is 23.4 Å². The summed E-state index contributed by atoms with van der Waals surface area (Å²) in [6.07, 6.45) is 1.86. The van der Waals surface area contributed by atoms with Gasteiger partial charge in [0.1, 0.15) is 0 Å². The van der Waals surface area contributed by atoms with Crippen LogP contribution in [0.3, 0.4) is 0 Å². The Morgan fingerprint density at radius 3 is 2.82 bits per heavy atom. The molecule has 2 aromatic rings. The minimum Gasteiger partial charge on any atom is -0.314 e. The Hall–Kier alpha value is -1.26. The van der Waals surface area contributed by atoms with Crippen molar-refractivity contribution in [3.8, 4) is 0 Å². The van der Waals surface area contributed by atoms with E-state index in [1.807, 2.05) is 31.1 Å². The molecule has 0 atom stereocenters. The average Bonchev–Trinajstić information content (AvgIpc) is 2.79. The van der Waals surface area contributed by atoms with Crippen molar-refractivity contribution in [1.82, 2.24) is 15.1 Å². The first-order valence-corrected chi connectivity index (χ1v) is 6.72. The molecule has 1 heterocycles. The molecule has 0 unspecified atom stereocenters. The molecule has 0 aliphatic heterocycles. The molecule has 0 radical (unpaired) electrons. The van der Waals surface area contributed by atoms with Gasteiger partial charge in [-0.2, -0.15) is 5.10 Å². The summed E-state index contributed by atoms with van der Waals surface area (Å²) in [5.74, 6) is 1.04. The molecule has 0 spiro atoms. The number of nitrogens with zero attached hydrogens (tertiary/aromatic N) is 2. The predicted octanol–water partition coefficient (Wildman–Crippen LogP) is 2.39. The minimum absolute atomic E-state index is 0.871. The number of nitrogens with one attached hydrogen (secondary N) is 1. The lowest BCUT2D eigenvalue weighted by molar-refractivity contribution is 0.608. The summed E-state index contributed by atoms with van der Waals surface area (Å²) >= 11 is 1.86. The zero-order valence-corrected chi connectivity index (χ0v) is 10.8. The molecular formula is C13H17N3S. The van der Waals surface area contributed by atoms with Crippen molar-refractivity contribution in [1.29, 1.82) is 0 Å². The standard InChI is InChI=1S/C13H17N3S/c1-14-11-12-7-8-15-16(12)9-10-17-13-5-3-2-4-6-13/h2-8,14H,9-11H2,1H3. The fraction of sp³-hybridized carbons (Fsp3) is 0.308. The molecule has 1 N–H and O–H groups in total. The van der Waals surface area contributed by atoms with Crippen molar-refractivity contribution in [2.24, 2.45) is 0 Å². The molecule has 0 bridgehead atoms. The second-order valence-corrected chi connectivity index (χ2v) is 4.91. The average molecular weight is 247 g/mol. The molecule has 90 valence electrons. The highest BCUT2D eigenvalue weighted by atomic mass is 32.2. The molecule has 2 rings (SSSR count). The molecule has 1 aromatic heterocycles. The highest BCUT2D eigenvalue weighted by molar-refractivity contribution is 7.99. The number of rotatable bonds is 6. The first kappa shape index (κ1) is 12.2. The summed E-state index contributed by atoms with van der Waals surface area (Å²) in [4.78, 5) is 1.31. The van der Waals surface area contributed by atoms with Crippen molar-refractivity contribution in [3.63, 3.8) is 0 Å². The molecule has 0 fully saturated rings. The van der Waals surface area contributed by atoms with E-state index in [1.165, 1.54) is 10.6 Å². The molecule has 0 saturated carbocycles. The number of hydrogen-bond donors (Lipinski definition) is 1. The number of thioether (sulfide) groups is 1. The Labute approximate surface area is 106 Å². The normalized spacial score (nSPS) is 10.6. The van der Waals surface area contributed by atoms with Crippen LogP contribution in [0.5, 0.6) is 0 Å². The van der Waals surface area contributed by atoms with E-state index in [9.17, 15) is 0 Å². The van der Waals surface area contributed by atoms with E-state index in [4.69, 9.17) is 0 Å². The SMILES string of the molecule is CNCc1ccnn1CCSc1ccccc1. The zero-order valence-electron chi connectivity index (χ0n) is 9.97. The van der Waals surface area contributed by atoms with E-state index in [0.29, 0.717) is 0 Å². The van der Waals surface area contributed by atoms with Crippen LogP contribution in [0.4, 0.5) is 0 Å². The molecule has 0 saturated heterocycles. The van der Waals surface area contributed by atoms with Crippen molar-refractivity contribution in [3.05, 3.63) is 48.3 Å². The van der Waals surface area contributed by atoms with E-state index < -0.39 is 0 Å². The van der Waals surface area contributed by atoms with Gasteiger partial charge in [-0.1, -0.05) is 18.2 Å². The highest BCUT2D eigenvalue weighted by Gasteiger charge is 2.01. The van der Waals surface area contributed by atoms with Crippen molar-refractivity contribution in [2.75, 3.05) is 12.8 Å². The Kier molecular flexibility index (Phi) is 4.64. The second kappa shape index (κ2) is 6.47. The van der Waals surface area contributed by atoms with Crippen LogP contribution in [0.2, 0.25) is 0 Å². The van der Waals surface area contributed by atoms with Crippen LogP contribution in [0.25, 0.3) is 0 Å². The van der Waals surface area contributed by atoms with Gasteiger partial charge in [-0.3, -0.25) is 4.68 Å². The van der Waals surface area contributed by atoms with Crippen molar-refractivity contribution >= 4 is 11.8 Å². The molecule has 0 aliphatic carbocycles. The topological polar surface area (TPSA) is 29.9 Å². The van der Waals surface area contributed by atoms with Crippen LogP contribution in [0, 0.1) is 0 Å².